The Balaban J connectivity index is 2.30. The summed E-state index contributed by atoms with van der Waals surface area (Å²) in [5.74, 6) is 0.597. The molecule has 0 heterocycles. The molecule has 0 aromatic rings. The van der Waals surface area contributed by atoms with Gasteiger partial charge in [0.25, 0.3) is 0 Å². The third-order valence-corrected chi connectivity index (χ3v) is 3.45. The highest BCUT2D eigenvalue weighted by molar-refractivity contribution is 5.88. The van der Waals surface area contributed by atoms with Crippen LogP contribution in [0.5, 0.6) is 0 Å². The molecule has 1 fully saturated rings. The Morgan fingerprint density at radius 3 is 2.47 bits per heavy atom. The summed E-state index contributed by atoms with van der Waals surface area (Å²) in [4.78, 5) is 11.3. The molecule has 1 rings (SSSR count). The highest BCUT2D eigenvalue weighted by atomic mass is 16.5. The summed E-state index contributed by atoms with van der Waals surface area (Å²) in [6.45, 7) is 4.77. The summed E-state index contributed by atoms with van der Waals surface area (Å²) in [7, 11) is 1.41. The van der Waals surface area contributed by atoms with Crippen LogP contribution in [0.2, 0.25) is 0 Å². The summed E-state index contributed by atoms with van der Waals surface area (Å²) < 4.78 is 10.5. The van der Waals surface area contributed by atoms with Crippen molar-refractivity contribution >= 4 is 5.97 Å². The molecular formula is C14H24O3. The van der Waals surface area contributed by atoms with Crippen LogP contribution in [-0.4, -0.2) is 25.8 Å². The number of methoxy groups -OCH3 is 1. The first-order valence-corrected chi connectivity index (χ1v) is 6.56. The van der Waals surface area contributed by atoms with E-state index in [0.29, 0.717) is 24.7 Å². The zero-order valence-electron chi connectivity index (χ0n) is 11.2. The third kappa shape index (κ3) is 4.90. The first kappa shape index (κ1) is 14.2. The third-order valence-electron chi connectivity index (χ3n) is 3.45. The molecule has 0 atom stereocenters. The van der Waals surface area contributed by atoms with Crippen LogP contribution < -0.4 is 0 Å². The van der Waals surface area contributed by atoms with Crippen LogP contribution in [0.1, 0.15) is 46.0 Å². The van der Waals surface area contributed by atoms with Gasteiger partial charge >= 0.3 is 5.97 Å². The predicted octanol–water partition coefficient (Wildman–Crippen LogP) is 3.09. The maximum Gasteiger partial charge on any atom is 0.333 e. The van der Waals surface area contributed by atoms with E-state index < -0.39 is 0 Å². The number of hydrogen-bond acceptors (Lipinski definition) is 3. The molecule has 1 saturated carbocycles. The molecule has 0 saturated heterocycles. The van der Waals surface area contributed by atoms with Gasteiger partial charge in [0.2, 0.25) is 0 Å². The monoisotopic (exact) mass is 240 g/mol. The molecule has 0 aromatic carbocycles. The van der Waals surface area contributed by atoms with Crippen LogP contribution in [-0.2, 0) is 14.3 Å². The number of rotatable bonds is 5. The average molecular weight is 240 g/mol. The Hall–Kier alpha value is -0.830. The van der Waals surface area contributed by atoms with Gasteiger partial charge in [0.05, 0.1) is 19.8 Å². The predicted molar refractivity (Wildman–Crippen MR) is 67.8 cm³/mol. The maximum absolute atomic E-state index is 11.3. The van der Waals surface area contributed by atoms with Crippen molar-refractivity contribution in [3.63, 3.8) is 0 Å². The Morgan fingerprint density at radius 2 is 1.94 bits per heavy atom. The SMILES string of the molecule is CCC(=CCOC1CCC(C)CC1)C(=O)OC. The highest BCUT2D eigenvalue weighted by Crippen LogP contribution is 2.25. The van der Waals surface area contributed by atoms with Crippen LogP contribution in [0.4, 0.5) is 0 Å². The van der Waals surface area contributed by atoms with Gasteiger partial charge in [-0.2, -0.15) is 0 Å². The van der Waals surface area contributed by atoms with Crippen molar-refractivity contribution in [3.05, 3.63) is 11.6 Å². The van der Waals surface area contributed by atoms with Crippen molar-refractivity contribution in [2.45, 2.75) is 52.1 Å². The molecule has 0 radical (unpaired) electrons. The second-order valence-corrected chi connectivity index (χ2v) is 4.79. The maximum atomic E-state index is 11.3. The topological polar surface area (TPSA) is 35.5 Å². The lowest BCUT2D eigenvalue weighted by molar-refractivity contribution is -0.136. The van der Waals surface area contributed by atoms with E-state index in [-0.39, 0.29) is 5.97 Å². The summed E-state index contributed by atoms with van der Waals surface area (Å²) in [5, 5.41) is 0. The van der Waals surface area contributed by atoms with Gasteiger partial charge in [-0.1, -0.05) is 13.8 Å². The van der Waals surface area contributed by atoms with Crippen LogP contribution in [0, 0.1) is 5.92 Å². The fraction of sp³-hybridized carbons (Fsp3) is 0.786. The molecule has 0 aromatic heterocycles. The van der Waals surface area contributed by atoms with Crippen molar-refractivity contribution in [1.82, 2.24) is 0 Å². The molecule has 1 aliphatic rings. The number of ether oxygens (including phenoxy) is 2. The van der Waals surface area contributed by atoms with Crippen molar-refractivity contribution in [2.24, 2.45) is 5.92 Å². The Kier molecular flexibility index (Phi) is 6.27. The van der Waals surface area contributed by atoms with Gasteiger partial charge < -0.3 is 9.47 Å². The second kappa shape index (κ2) is 7.49. The molecule has 0 amide bonds. The largest absolute Gasteiger partial charge is 0.466 e. The molecule has 3 heteroatoms. The summed E-state index contributed by atoms with van der Waals surface area (Å²) in [6, 6.07) is 0. The molecule has 0 bridgehead atoms. The van der Waals surface area contributed by atoms with Crippen LogP contribution in [0.3, 0.4) is 0 Å². The van der Waals surface area contributed by atoms with Gasteiger partial charge in [0.1, 0.15) is 0 Å². The Labute approximate surface area is 104 Å². The summed E-state index contributed by atoms with van der Waals surface area (Å²) in [6.07, 6.45) is 7.72. The van der Waals surface area contributed by atoms with Gasteiger partial charge in [-0.05, 0) is 44.1 Å². The van der Waals surface area contributed by atoms with Gasteiger partial charge in [0, 0.05) is 5.57 Å². The fourth-order valence-electron chi connectivity index (χ4n) is 2.18. The van der Waals surface area contributed by atoms with Crippen molar-refractivity contribution in [2.75, 3.05) is 13.7 Å². The van der Waals surface area contributed by atoms with E-state index >= 15 is 0 Å². The smallest absolute Gasteiger partial charge is 0.333 e. The molecule has 0 aliphatic heterocycles. The number of esters is 1. The van der Waals surface area contributed by atoms with Crippen LogP contribution in [0.25, 0.3) is 0 Å². The number of carbonyl (C=O) groups excluding carboxylic acids is 1. The minimum Gasteiger partial charge on any atom is -0.466 e. The van der Waals surface area contributed by atoms with Gasteiger partial charge in [0.15, 0.2) is 0 Å². The summed E-state index contributed by atoms with van der Waals surface area (Å²) in [5.41, 5.74) is 0.705. The van der Waals surface area contributed by atoms with E-state index in [9.17, 15) is 4.79 Å². The molecule has 0 unspecified atom stereocenters. The normalized spacial score (nSPS) is 25.7. The van der Waals surface area contributed by atoms with Gasteiger partial charge in [-0.15, -0.1) is 0 Å². The lowest BCUT2D eigenvalue weighted by Crippen LogP contribution is -2.20. The standard InChI is InChI=1S/C14H24O3/c1-4-12(14(15)16-3)9-10-17-13-7-5-11(2)6-8-13/h9,11,13H,4-8,10H2,1-3H3. The zero-order chi connectivity index (χ0) is 12.7. The molecule has 3 nitrogen and oxygen atoms in total. The highest BCUT2D eigenvalue weighted by Gasteiger charge is 2.18. The first-order valence-electron chi connectivity index (χ1n) is 6.56. The Morgan fingerprint density at radius 1 is 1.29 bits per heavy atom. The zero-order valence-corrected chi connectivity index (χ0v) is 11.2. The number of hydrogen-bond donors (Lipinski definition) is 0. The van der Waals surface area contributed by atoms with Crippen molar-refractivity contribution < 1.29 is 14.3 Å². The molecule has 17 heavy (non-hydrogen) atoms. The molecule has 0 N–H and O–H groups in total. The van der Waals surface area contributed by atoms with Crippen molar-refractivity contribution in [1.29, 1.82) is 0 Å². The van der Waals surface area contributed by atoms with Crippen LogP contribution in [0.15, 0.2) is 11.6 Å². The van der Waals surface area contributed by atoms with E-state index in [1.807, 2.05) is 13.0 Å². The lowest BCUT2D eigenvalue weighted by atomic mass is 9.89. The first-order chi connectivity index (χ1) is 8.17. The average Bonchev–Trinajstić information content (AvgIpc) is 2.36. The fourth-order valence-corrected chi connectivity index (χ4v) is 2.18. The quantitative estimate of drug-likeness (QED) is 0.547. The van der Waals surface area contributed by atoms with Crippen LogP contribution >= 0.6 is 0 Å². The Bertz CT molecular complexity index is 263. The molecule has 98 valence electrons. The van der Waals surface area contributed by atoms with E-state index in [1.165, 1.54) is 20.0 Å². The van der Waals surface area contributed by atoms with Gasteiger partial charge in [-0.3, -0.25) is 0 Å². The van der Waals surface area contributed by atoms with Crippen molar-refractivity contribution in [3.8, 4) is 0 Å². The van der Waals surface area contributed by atoms with E-state index in [0.717, 1.165) is 18.8 Å². The second-order valence-electron chi connectivity index (χ2n) is 4.79. The van der Waals surface area contributed by atoms with E-state index in [4.69, 9.17) is 9.47 Å². The van der Waals surface area contributed by atoms with E-state index in [2.05, 4.69) is 6.92 Å². The minimum atomic E-state index is -0.242. The van der Waals surface area contributed by atoms with E-state index in [1.54, 1.807) is 0 Å². The minimum absolute atomic E-state index is 0.242. The summed E-state index contributed by atoms with van der Waals surface area (Å²) >= 11 is 0. The molecule has 1 aliphatic carbocycles. The lowest BCUT2D eigenvalue weighted by Gasteiger charge is -2.25. The van der Waals surface area contributed by atoms with Gasteiger partial charge in [-0.25, -0.2) is 4.79 Å². The molecule has 0 spiro atoms. The number of carbonyl (C=O) groups is 1. The molecular weight excluding hydrogens is 216 g/mol.